The van der Waals surface area contributed by atoms with E-state index in [0.717, 1.165) is 11.5 Å². The van der Waals surface area contributed by atoms with Crippen molar-refractivity contribution in [3.05, 3.63) is 85.3 Å². The van der Waals surface area contributed by atoms with Crippen LogP contribution < -0.4 is 9.47 Å². The van der Waals surface area contributed by atoms with Gasteiger partial charge in [-0.3, -0.25) is 0 Å². The minimum absolute atomic E-state index is 0.910. The Balaban J connectivity index is 0.000000162. The van der Waals surface area contributed by atoms with E-state index in [0.29, 0.717) is 0 Å². The van der Waals surface area contributed by atoms with E-state index in [1.54, 1.807) is 26.7 Å². The smallest absolute Gasteiger partial charge is 0.118 e. The average Bonchev–Trinajstić information content (AvgIpc) is 3.17. The maximum atomic E-state index is 4.91. The Labute approximate surface area is 125 Å². The van der Waals surface area contributed by atoms with Gasteiger partial charge in [0.15, 0.2) is 0 Å². The summed E-state index contributed by atoms with van der Waals surface area (Å²) in [7, 11) is 3.32. The van der Waals surface area contributed by atoms with Crippen molar-refractivity contribution in [1.29, 1.82) is 0 Å². The van der Waals surface area contributed by atoms with Gasteiger partial charge in [-0.15, -0.1) is 0 Å². The summed E-state index contributed by atoms with van der Waals surface area (Å²) in [6.07, 6.45) is 3.25. The van der Waals surface area contributed by atoms with Gasteiger partial charge in [-0.1, -0.05) is 36.4 Å². The van der Waals surface area contributed by atoms with Gasteiger partial charge >= 0.3 is 0 Å². The summed E-state index contributed by atoms with van der Waals surface area (Å²) in [6.45, 7) is 0. The second-order valence-electron chi connectivity index (χ2n) is 3.83. The van der Waals surface area contributed by atoms with Crippen molar-refractivity contribution >= 4 is 0 Å². The first-order chi connectivity index (χ1) is 10.4. The third-order valence-electron chi connectivity index (χ3n) is 2.38. The van der Waals surface area contributed by atoms with Crippen molar-refractivity contribution < 1.29 is 13.9 Å². The standard InChI is InChI=1S/2C7H8O.C4H4O/c2*1-8-7-5-3-2-4-6-7;1-2-4-5-3-1/h2*2-6H,1H3;1-4H. The predicted octanol–water partition coefficient (Wildman–Crippen LogP) is 4.67. The summed E-state index contributed by atoms with van der Waals surface area (Å²) >= 11 is 0. The first kappa shape index (κ1) is 16.4. The van der Waals surface area contributed by atoms with Crippen molar-refractivity contribution in [2.75, 3.05) is 14.2 Å². The van der Waals surface area contributed by atoms with Crippen LogP contribution in [0, 0.1) is 0 Å². The van der Waals surface area contributed by atoms with E-state index in [1.165, 1.54) is 0 Å². The highest BCUT2D eigenvalue weighted by atomic mass is 16.5. The largest absolute Gasteiger partial charge is 0.497 e. The van der Waals surface area contributed by atoms with Crippen molar-refractivity contribution in [3.63, 3.8) is 0 Å². The number of benzene rings is 2. The molecular formula is C18H20O3. The van der Waals surface area contributed by atoms with E-state index < -0.39 is 0 Å². The van der Waals surface area contributed by atoms with E-state index in [9.17, 15) is 0 Å². The zero-order chi connectivity index (χ0) is 15.2. The van der Waals surface area contributed by atoms with Gasteiger partial charge in [0.1, 0.15) is 11.5 Å². The van der Waals surface area contributed by atoms with Gasteiger partial charge in [0.2, 0.25) is 0 Å². The van der Waals surface area contributed by atoms with Crippen molar-refractivity contribution in [1.82, 2.24) is 0 Å². The predicted molar refractivity (Wildman–Crippen MR) is 84.7 cm³/mol. The van der Waals surface area contributed by atoms with Crippen LogP contribution in [-0.2, 0) is 0 Å². The van der Waals surface area contributed by atoms with Gasteiger partial charge in [0.25, 0.3) is 0 Å². The Morgan fingerprint density at radius 2 is 0.952 bits per heavy atom. The molecule has 0 aliphatic rings. The van der Waals surface area contributed by atoms with E-state index in [2.05, 4.69) is 4.42 Å². The molecule has 0 aliphatic carbocycles. The molecule has 3 aromatic rings. The SMILES string of the molecule is COc1ccccc1.COc1ccccc1.c1ccoc1. The Kier molecular flexibility index (Phi) is 8.71. The lowest BCUT2D eigenvalue weighted by Crippen LogP contribution is -1.78. The molecule has 0 fully saturated rings. The molecule has 110 valence electrons. The van der Waals surface area contributed by atoms with Crippen LogP contribution in [0.25, 0.3) is 0 Å². The third kappa shape index (κ3) is 8.16. The maximum absolute atomic E-state index is 4.91. The first-order valence-electron chi connectivity index (χ1n) is 6.52. The van der Waals surface area contributed by atoms with E-state index in [-0.39, 0.29) is 0 Å². The Morgan fingerprint density at radius 1 is 0.571 bits per heavy atom. The maximum Gasteiger partial charge on any atom is 0.118 e. The quantitative estimate of drug-likeness (QED) is 0.685. The third-order valence-corrected chi connectivity index (χ3v) is 2.38. The molecule has 1 aromatic heterocycles. The summed E-state index contributed by atoms with van der Waals surface area (Å²) in [6, 6.07) is 23.0. The second kappa shape index (κ2) is 11.2. The van der Waals surface area contributed by atoms with Gasteiger partial charge < -0.3 is 13.9 Å². The Bertz CT molecular complexity index is 476. The van der Waals surface area contributed by atoms with Crippen LogP contribution in [-0.4, -0.2) is 14.2 Å². The fourth-order valence-electron chi connectivity index (χ4n) is 1.34. The zero-order valence-electron chi connectivity index (χ0n) is 12.3. The van der Waals surface area contributed by atoms with Gasteiger partial charge in [0, 0.05) is 0 Å². The lowest BCUT2D eigenvalue weighted by atomic mass is 10.3. The fraction of sp³-hybridized carbons (Fsp3) is 0.111. The van der Waals surface area contributed by atoms with Crippen molar-refractivity contribution in [2.24, 2.45) is 0 Å². The number of hydrogen-bond donors (Lipinski definition) is 0. The zero-order valence-corrected chi connectivity index (χ0v) is 12.3. The highest BCUT2D eigenvalue weighted by molar-refractivity contribution is 5.21. The molecule has 0 atom stereocenters. The molecule has 2 aromatic carbocycles. The van der Waals surface area contributed by atoms with E-state index >= 15 is 0 Å². The van der Waals surface area contributed by atoms with Crippen LogP contribution in [0.2, 0.25) is 0 Å². The van der Waals surface area contributed by atoms with Crippen LogP contribution >= 0.6 is 0 Å². The molecule has 3 rings (SSSR count). The normalized spacial score (nSPS) is 8.48. The minimum Gasteiger partial charge on any atom is -0.497 e. The molecule has 0 bridgehead atoms. The molecule has 0 aliphatic heterocycles. The fourth-order valence-corrected chi connectivity index (χ4v) is 1.34. The summed E-state index contributed by atoms with van der Waals surface area (Å²) < 4.78 is 14.4. The molecule has 0 N–H and O–H groups in total. The molecule has 1 heterocycles. The number of methoxy groups -OCH3 is 2. The summed E-state index contributed by atoms with van der Waals surface area (Å²) in [5.41, 5.74) is 0. The molecule has 0 amide bonds. The molecule has 0 unspecified atom stereocenters. The average molecular weight is 284 g/mol. The van der Waals surface area contributed by atoms with Crippen LogP contribution in [0.1, 0.15) is 0 Å². The minimum atomic E-state index is 0.910. The molecular weight excluding hydrogens is 264 g/mol. The summed E-state index contributed by atoms with van der Waals surface area (Å²) in [5, 5.41) is 0. The second-order valence-corrected chi connectivity index (χ2v) is 3.83. The summed E-state index contributed by atoms with van der Waals surface area (Å²) in [4.78, 5) is 0. The van der Waals surface area contributed by atoms with Crippen molar-refractivity contribution in [2.45, 2.75) is 0 Å². The van der Waals surface area contributed by atoms with Crippen LogP contribution in [0.15, 0.2) is 89.7 Å². The molecule has 3 heteroatoms. The molecule has 0 saturated carbocycles. The lowest BCUT2D eigenvalue weighted by molar-refractivity contribution is 0.414. The number of furan rings is 1. The first-order valence-corrected chi connectivity index (χ1v) is 6.52. The van der Waals surface area contributed by atoms with Crippen LogP contribution in [0.3, 0.4) is 0 Å². The van der Waals surface area contributed by atoms with Crippen LogP contribution in [0.5, 0.6) is 11.5 Å². The lowest BCUT2D eigenvalue weighted by Gasteiger charge is -1.93. The van der Waals surface area contributed by atoms with Gasteiger partial charge in [-0.25, -0.2) is 0 Å². The highest BCUT2D eigenvalue weighted by Gasteiger charge is 1.80. The van der Waals surface area contributed by atoms with Gasteiger partial charge in [-0.05, 0) is 36.4 Å². The molecule has 0 saturated heterocycles. The highest BCUT2D eigenvalue weighted by Crippen LogP contribution is 2.06. The van der Waals surface area contributed by atoms with Gasteiger partial charge in [0.05, 0.1) is 26.7 Å². The van der Waals surface area contributed by atoms with E-state index in [1.807, 2.05) is 72.8 Å². The Morgan fingerprint density at radius 3 is 1.14 bits per heavy atom. The molecule has 0 radical (unpaired) electrons. The number of ether oxygens (including phenoxy) is 2. The number of hydrogen-bond acceptors (Lipinski definition) is 3. The van der Waals surface area contributed by atoms with Gasteiger partial charge in [-0.2, -0.15) is 0 Å². The number of rotatable bonds is 2. The topological polar surface area (TPSA) is 31.6 Å². The monoisotopic (exact) mass is 284 g/mol. The van der Waals surface area contributed by atoms with Crippen LogP contribution in [0.4, 0.5) is 0 Å². The van der Waals surface area contributed by atoms with Crippen molar-refractivity contribution in [3.8, 4) is 11.5 Å². The summed E-state index contributed by atoms with van der Waals surface area (Å²) in [5.74, 6) is 1.82. The number of para-hydroxylation sites is 2. The molecule has 0 spiro atoms. The van der Waals surface area contributed by atoms with E-state index in [4.69, 9.17) is 9.47 Å². The molecule has 3 nitrogen and oxygen atoms in total. The molecule has 21 heavy (non-hydrogen) atoms. The Hall–Kier alpha value is -2.68.